The molecule has 0 aliphatic carbocycles. The predicted molar refractivity (Wildman–Crippen MR) is 53.4 cm³/mol. The van der Waals surface area contributed by atoms with Gasteiger partial charge in [-0.2, -0.15) is 17.6 Å². The van der Waals surface area contributed by atoms with E-state index in [0.717, 1.165) is 6.92 Å². The number of rotatable bonds is 7. The highest BCUT2D eigenvalue weighted by Gasteiger charge is 2.68. The lowest BCUT2D eigenvalue weighted by molar-refractivity contribution is -0.278. The molecule has 2 atom stereocenters. The third-order valence-electron chi connectivity index (χ3n) is 2.08. The van der Waals surface area contributed by atoms with Crippen LogP contribution in [0.25, 0.3) is 0 Å². The van der Waals surface area contributed by atoms with Crippen LogP contribution in [0, 0.1) is 0 Å². The van der Waals surface area contributed by atoms with Crippen LogP contribution in [0.5, 0.6) is 0 Å². The lowest BCUT2D eigenvalue weighted by Gasteiger charge is -2.30. The Hall–Kier alpha value is -0.540. The average Bonchev–Trinajstić information content (AvgIpc) is 2.26. The summed E-state index contributed by atoms with van der Waals surface area (Å²) in [6, 6.07) is 0. The standard InChI is InChI=1S/C9H10F8OS/c1-4(18)19-3-2-5(10)8(14,15)9(16,17)6(11)7(12)13/h5-7H,2-3H2,1H3. The number of thioether (sulfide) groups is 1. The van der Waals surface area contributed by atoms with Crippen LogP contribution in [0.15, 0.2) is 0 Å². The molecule has 0 aromatic carbocycles. The second kappa shape index (κ2) is 6.76. The molecule has 19 heavy (non-hydrogen) atoms. The maximum atomic E-state index is 13.0. The zero-order valence-electron chi connectivity index (χ0n) is 9.49. The van der Waals surface area contributed by atoms with Gasteiger partial charge in [-0.15, -0.1) is 0 Å². The van der Waals surface area contributed by atoms with Crippen molar-refractivity contribution in [2.24, 2.45) is 0 Å². The largest absolute Gasteiger partial charge is 0.349 e. The summed E-state index contributed by atoms with van der Waals surface area (Å²) in [7, 11) is 0. The average molecular weight is 318 g/mol. The maximum Gasteiger partial charge on any atom is 0.349 e. The molecule has 0 aliphatic rings. The van der Waals surface area contributed by atoms with Crippen molar-refractivity contribution >= 4 is 16.9 Å². The van der Waals surface area contributed by atoms with Gasteiger partial charge >= 0.3 is 11.8 Å². The molecule has 1 nitrogen and oxygen atoms in total. The SMILES string of the molecule is CC(=O)SCCC(F)C(F)(F)C(F)(F)C(F)C(F)F. The Morgan fingerprint density at radius 3 is 1.89 bits per heavy atom. The molecule has 114 valence electrons. The molecule has 0 aromatic rings. The van der Waals surface area contributed by atoms with E-state index in [1.807, 2.05) is 0 Å². The summed E-state index contributed by atoms with van der Waals surface area (Å²) in [5.74, 6) is -12.0. The maximum absolute atomic E-state index is 13.0. The summed E-state index contributed by atoms with van der Waals surface area (Å²) in [6.07, 6.45) is -13.6. The molecule has 0 spiro atoms. The third-order valence-corrected chi connectivity index (χ3v) is 2.93. The van der Waals surface area contributed by atoms with Crippen LogP contribution >= 0.6 is 11.8 Å². The Balaban J connectivity index is 4.78. The molecule has 0 heterocycles. The van der Waals surface area contributed by atoms with Gasteiger partial charge in [0, 0.05) is 12.7 Å². The number of carbonyl (C=O) groups excluding carboxylic acids is 1. The lowest BCUT2D eigenvalue weighted by Crippen LogP contribution is -2.55. The molecule has 0 N–H and O–H groups in total. The number of halogens is 8. The van der Waals surface area contributed by atoms with E-state index in [9.17, 15) is 39.9 Å². The molecule has 0 aromatic heterocycles. The molecule has 0 radical (unpaired) electrons. The fourth-order valence-electron chi connectivity index (χ4n) is 1.04. The first-order valence-electron chi connectivity index (χ1n) is 4.89. The van der Waals surface area contributed by atoms with Crippen molar-refractivity contribution in [2.45, 2.75) is 44.0 Å². The van der Waals surface area contributed by atoms with Crippen molar-refractivity contribution in [1.29, 1.82) is 0 Å². The van der Waals surface area contributed by atoms with Crippen molar-refractivity contribution in [3.63, 3.8) is 0 Å². The summed E-state index contributed by atoms with van der Waals surface area (Å²) in [5.41, 5.74) is 0. The van der Waals surface area contributed by atoms with Gasteiger partial charge < -0.3 is 0 Å². The van der Waals surface area contributed by atoms with Gasteiger partial charge in [0.2, 0.25) is 6.17 Å². The Labute approximate surface area is 107 Å². The normalized spacial score (nSPS) is 16.5. The van der Waals surface area contributed by atoms with Gasteiger partial charge in [-0.1, -0.05) is 11.8 Å². The van der Waals surface area contributed by atoms with Gasteiger partial charge in [-0.05, 0) is 6.42 Å². The Bertz CT molecular complexity index is 309. The highest BCUT2D eigenvalue weighted by molar-refractivity contribution is 8.13. The second-order valence-corrected chi connectivity index (χ2v) is 4.85. The summed E-state index contributed by atoms with van der Waals surface area (Å²) in [5, 5.41) is -0.557. The minimum Gasteiger partial charge on any atom is -0.288 e. The number of hydrogen-bond donors (Lipinski definition) is 0. The van der Waals surface area contributed by atoms with E-state index in [0.29, 0.717) is 11.8 Å². The second-order valence-electron chi connectivity index (χ2n) is 3.58. The number of carbonyl (C=O) groups is 1. The van der Waals surface area contributed by atoms with E-state index in [1.54, 1.807) is 0 Å². The fourth-order valence-corrected chi connectivity index (χ4v) is 1.65. The van der Waals surface area contributed by atoms with Crippen LogP contribution in [-0.4, -0.2) is 41.5 Å². The number of hydrogen-bond acceptors (Lipinski definition) is 2. The Morgan fingerprint density at radius 1 is 1.05 bits per heavy atom. The minimum atomic E-state index is -5.83. The molecule has 10 heteroatoms. The Kier molecular flexibility index (Phi) is 6.56. The first-order valence-corrected chi connectivity index (χ1v) is 5.88. The van der Waals surface area contributed by atoms with E-state index in [4.69, 9.17) is 0 Å². The topological polar surface area (TPSA) is 17.1 Å². The zero-order valence-corrected chi connectivity index (χ0v) is 10.3. The van der Waals surface area contributed by atoms with Crippen molar-refractivity contribution in [1.82, 2.24) is 0 Å². The summed E-state index contributed by atoms with van der Waals surface area (Å²) >= 11 is 0.402. The molecular weight excluding hydrogens is 308 g/mol. The molecule has 0 rings (SSSR count). The summed E-state index contributed by atoms with van der Waals surface area (Å²) in [4.78, 5) is 10.4. The van der Waals surface area contributed by atoms with Crippen LogP contribution in [-0.2, 0) is 4.79 Å². The van der Waals surface area contributed by atoms with Gasteiger partial charge in [0.15, 0.2) is 11.3 Å². The molecule has 0 fully saturated rings. The third kappa shape index (κ3) is 4.50. The molecule has 0 bridgehead atoms. The van der Waals surface area contributed by atoms with Crippen LogP contribution in [0.2, 0.25) is 0 Å². The fraction of sp³-hybridized carbons (Fsp3) is 0.889. The van der Waals surface area contributed by atoms with Gasteiger partial charge in [-0.25, -0.2) is 17.6 Å². The van der Waals surface area contributed by atoms with E-state index in [-0.39, 0.29) is 0 Å². The van der Waals surface area contributed by atoms with Crippen LogP contribution in [0.4, 0.5) is 35.1 Å². The minimum absolute atomic E-state index is 0.402. The van der Waals surface area contributed by atoms with Crippen LogP contribution in [0.3, 0.4) is 0 Å². The van der Waals surface area contributed by atoms with E-state index < -0.39 is 47.9 Å². The van der Waals surface area contributed by atoms with E-state index in [2.05, 4.69) is 0 Å². The quantitative estimate of drug-likeness (QED) is 0.663. The molecule has 2 unspecified atom stereocenters. The monoisotopic (exact) mass is 318 g/mol. The smallest absolute Gasteiger partial charge is 0.288 e. The van der Waals surface area contributed by atoms with Crippen molar-refractivity contribution in [2.75, 3.05) is 5.75 Å². The Morgan fingerprint density at radius 2 is 1.53 bits per heavy atom. The zero-order chi connectivity index (χ0) is 15.4. The highest BCUT2D eigenvalue weighted by atomic mass is 32.2. The van der Waals surface area contributed by atoms with E-state index >= 15 is 0 Å². The predicted octanol–water partition coefficient (Wildman–Crippen LogP) is 3.87. The van der Waals surface area contributed by atoms with Crippen molar-refractivity contribution < 1.29 is 39.9 Å². The van der Waals surface area contributed by atoms with Gasteiger partial charge in [0.1, 0.15) is 0 Å². The molecular formula is C9H10F8OS. The van der Waals surface area contributed by atoms with Crippen LogP contribution < -0.4 is 0 Å². The first kappa shape index (κ1) is 18.5. The van der Waals surface area contributed by atoms with Crippen molar-refractivity contribution in [3.05, 3.63) is 0 Å². The summed E-state index contributed by atoms with van der Waals surface area (Å²) < 4.78 is 100. The van der Waals surface area contributed by atoms with Gasteiger partial charge in [0.05, 0.1) is 0 Å². The number of alkyl halides is 8. The summed E-state index contributed by atoms with van der Waals surface area (Å²) in [6.45, 7) is 1.04. The van der Waals surface area contributed by atoms with Gasteiger partial charge in [0.25, 0.3) is 6.43 Å². The molecule has 0 saturated carbocycles. The molecule has 0 aliphatic heterocycles. The van der Waals surface area contributed by atoms with Crippen LogP contribution in [0.1, 0.15) is 13.3 Å². The highest BCUT2D eigenvalue weighted by Crippen LogP contribution is 2.44. The lowest BCUT2D eigenvalue weighted by atomic mass is 10.0. The van der Waals surface area contributed by atoms with Gasteiger partial charge in [-0.3, -0.25) is 4.79 Å². The van der Waals surface area contributed by atoms with E-state index in [1.165, 1.54) is 0 Å². The van der Waals surface area contributed by atoms with Crippen molar-refractivity contribution in [3.8, 4) is 0 Å². The first-order chi connectivity index (χ1) is 8.44. The molecule has 0 amide bonds. The molecule has 0 saturated heterocycles.